The minimum atomic E-state index is 0.385. The monoisotopic (exact) mass is 266 g/mol. The molecular weight excluding hydrogens is 244 g/mol. The zero-order valence-corrected chi connectivity index (χ0v) is 11.9. The maximum absolute atomic E-state index is 5.81. The average molecular weight is 266 g/mol. The molecule has 1 aromatic heterocycles. The van der Waals surface area contributed by atoms with Crippen molar-refractivity contribution in [2.75, 3.05) is 11.5 Å². The highest BCUT2D eigenvalue weighted by Gasteiger charge is 2.18. The third-order valence-corrected chi connectivity index (χ3v) is 4.24. The van der Waals surface area contributed by atoms with Gasteiger partial charge in [-0.3, -0.25) is 0 Å². The Bertz CT molecular complexity index is 375. The Morgan fingerprint density at radius 3 is 2.50 bits per heavy atom. The second-order valence-corrected chi connectivity index (χ2v) is 6.07. The Morgan fingerprint density at radius 1 is 1.11 bits per heavy atom. The number of rotatable bonds is 4. The van der Waals surface area contributed by atoms with Gasteiger partial charge in [-0.15, -0.1) is 0 Å². The lowest BCUT2D eigenvalue weighted by molar-refractivity contribution is 0.556. The fourth-order valence-corrected chi connectivity index (χ4v) is 2.95. The number of nitrogen functional groups attached to an aromatic ring is 1. The molecule has 2 rings (SSSR count). The third-order valence-electron chi connectivity index (χ3n) is 3.37. The molecule has 1 aromatic rings. The van der Waals surface area contributed by atoms with E-state index in [9.17, 15) is 0 Å². The SMILES string of the molecule is CCSCc1nc(N)nc(C2CCCCCC2)n1. The molecule has 1 aliphatic carbocycles. The summed E-state index contributed by atoms with van der Waals surface area (Å²) in [4.78, 5) is 13.2. The maximum atomic E-state index is 5.81. The van der Waals surface area contributed by atoms with Crippen LogP contribution >= 0.6 is 11.8 Å². The molecular formula is C13H22N4S. The van der Waals surface area contributed by atoms with Crippen molar-refractivity contribution in [3.8, 4) is 0 Å². The van der Waals surface area contributed by atoms with E-state index in [0.717, 1.165) is 23.2 Å². The summed E-state index contributed by atoms with van der Waals surface area (Å²) >= 11 is 1.82. The molecule has 0 radical (unpaired) electrons. The van der Waals surface area contributed by atoms with Gasteiger partial charge in [0.25, 0.3) is 0 Å². The van der Waals surface area contributed by atoms with Crippen LogP contribution in [0.2, 0.25) is 0 Å². The van der Waals surface area contributed by atoms with Gasteiger partial charge in [0.2, 0.25) is 5.95 Å². The quantitative estimate of drug-likeness (QED) is 0.848. The van der Waals surface area contributed by atoms with Gasteiger partial charge >= 0.3 is 0 Å². The fraction of sp³-hybridized carbons (Fsp3) is 0.769. The second kappa shape index (κ2) is 6.92. The van der Waals surface area contributed by atoms with Gasteiger partial charge in [0.05, 0.1) is 5.75 Å². The number of anilines is 1. The number of nitrogens with zero attached hydrogens (tertiary/aromatic N) is 3. The zero-order chi connectivity index (χ0) is 12.8. The summed E-state index contributed by atoms with van der Waals surface area (Å²) in [5.74, 6) is 4.55. The molecule has 4 nitrogen and oxygen atoms in total. The molecule has 2 N–H and O–H groups in total. The smallest absolute Gasteiger partial charge is 0.223 e. The van der Waals surface area contributed by atoms with Crippen LogP contribution in [0.1, 0.15) is 63.0 Å². The van der Waals surface area contributed by atoms with Crippen LogP contribution in [0, 0.1) is 0 Å². The van der Waals surface area contributed by atoms with Gasteiger partial charge in [-0.25, -0.2) is 4.98 Å². The van der Waals surface area contributed by atoms with Crippen molar-refractivity contribution in [1.82, 2.24) is 15.0 Å². The van der Waals surface area contributed by atoms with Crippen LogP contribution in [-0.4, -0.2) is 20.7 Å². The number of aromatic nitrogens is 3. The summed E-state index contributed by atoms with van der Waals surface area (Å²) in [5.41, 5.74) is 5.81. The topological polar surface area (TPSA) is 64.7 Å². The van der Waals surface area contributed by atoms with Crippen molar-refractivity contribution >= 4 is 17.7 Å². The lowest BCUT2D eigenvalue weighted by Crippen LogP contribution is -2.10. The molecule has 0 bridgehead atoms. The van der Waals surface area contributed by atoms with E-state index in [0.29, 0.717) is 11.9 Å². The van der Waals surface area contributed by atoms with Crippen molar-refractivity contribution in [1.29, 1.82) is 0 Å². The highest BCUT2D eigenvalue weighted by molar-refractivity contribution is 7.98. The van der Waals surface area contributed by atoms with Crippen LogP contribution in [0.25, 0.3) is 0 Å². The molecule has 0 aliphatic heterocycles. The van der Waals surface area contributed by atoms with Gasteiger partial charge in [-0.1, -0.05) is 32.6 Å². The van der Waals surface area contributed by atoms with Crippen molar-refractivity contribution in [2.45, 2.75) is 57.1 Å². The first kappa shape index (κ1) is 13.6. The first-order chi connectivity index (χ1) is 8.79. The molecule has 0 spiro atoms. The maximum Gasteiger partial charge on any atom is 0.223 e. The Balaban J connectivity index is 2.12. The molecule has 5 heteroatoms. The van der Waals surface area contributed by atoms with Crippen LogP contribution in [-0.2, 0) is 5.75 Å². The molecule has 100 valence electrons. The first-order valence-electron chi connectivity index (χ1n) is 6.87. The lowest BCUT2D eigenvalue weighted by atomic mass is 10.00. The molecule has 0 amide bonds. The number of hydrogen-bond acceptors (Lipinski definition) is 5. The molecule has 1 fully saturated rings. The summed E-state index contributed by atoms with van der Waals surface area (Å²) in [6.07, 6.45) is 7.66. The Labute approximate surface area is 113 Å². The van der Waals surface area contributed by atoms with E-state index in [1.165, 1.54) is 38.5 Å². The lowest BCUT2D eigenvalue weighted by Gasteiger charge is -2.13. The summed E-state index contributed by atoms with van der Waals surface area (Å²) in [7, 11) is 0. The number of thioether (sulfide) groups is 1. The van der Waals surface area contributed by atoms with Crippen LogP contribution in [0.3, 0.4) is 0 Å². The van der Waals surface area contributed by atoms with Gasteiger partial charge < -0.3 is 5.73 Å². The van der Waals surface area contributed by atoms with E-state index in [-0.39, 0.29) is 0 Å². The van der Waals surface area contributed by atoms with Crippen LogP contribution < -0.4 is 5.73 Å². The molecule has 0 unspecified atom stereocenters. The highest BCUT2D eigenvalue weighted by Crippen LogP contribution is 2.29. The Kier molecular flexibility index (Phi) is 5.23. The van der Waals surface area contributed by atoms with Crippen molar-refractivity contribution in [3.05, 3.63) is 11.6 Å². The van der Waals surface area contributed by atoms with Gasteiger partial charge in [-0.05, 0) is 18.6 Å². The minimum absolute atomic E-state index is 0.385. The van der Waals surface area contributed by atoms with E-state index < -0.39 is 0 Å². The predicted molar refractivity (Wildman–Crippen MR) is 76.5 cm³/mol. The van der Waals surface area contributed by atoms with E-state index in [1.54, 1.807) is 0 Å². The largest absolute Gasteiger partial charge is 0.368 e. The normalized spacial score (nSPS) is 17.6. The Morgan fingerprint density at radius 2 is 1.83 bits per heavy atom. The summed E-state index contributed by atoms with van der Waals surface area (Å²) in [5, 5.41) is 0. The Hall–Kier alpha value is -0.840. The van der Waals surface area contributed by atoms with E-state index in [2.05, 4.69) is 21.9 Å². The van der Waals surface area contributed by atoms with E-state index in [1.807, 2.05) is 11.8 Å². The van der Waals surface area contributed by atoms with Crippen LogP contribution in [0.15, 0.2) is 0 Å². The molecule has 1 heterocycles. The summed E-state index contributed by atoms with van der Waals surface area (Å²) in [6.45, 7) is 2.14. The number of nitrogens with two attached hydrogens (primary N) is 1. The van der Waals surface area contributed by atoms with Crippen LogP contribution in [0.5, 0.6) is 0 Å². The van der Waals surface area contributed by atoms with E-state index >= 15 is 0 Å². The standard InChI is InChI=1S/C13H22N4S/c1-2-18-9-11-15-12(17-13(14)16-11)10-7-5-3-4-6-8-10/h10H,2-9H2,1H3,(H2,14,15,16,17). The molecule has 0 atom stereocenters. The highest BCUT2D eigenvalue weighted by atomic mass is 32.2. The van der Waals surface area contributed by atoms with Crippen molar-refractivity contribution in [3.63, 3.8) is 0 Å². The van der Waals surface area contributed by atoms with Crippen molar-refractivity contribution < 1.29 is 0 Å². The predicted octanol–water partition coefficient (Wildman–Crippen LogP) is 3.14. The third kappa shape index (κ3) is 3.83. The van der Waals surface area contributed by atoms with E-state index in [4.69, 9.17) is 5.73 Å². The van der Waals surface area contributed by atoms with Crippen LogP contribution in [0.4, 0.5) is 5.95 Å². The van der Waals surface area contributed by atoms with Gasteiger partial charge in [0.1, 0.15) is 11.6 Å². The molecule has 1 saturated carbocycles. The molecule has 0 aromatic carbocycles. The fourth-order valence-electron chi connectivity index (χ4n) is 2.43. The first-order valence-corrected chi connectivity index (χ1v) is 8.03. The van der Waals surface area contributed by atoms with Gasteiger partial charge in [-0.2, -0.15) is 21.7 Å². The van der Waals surface area contributed by atoms with Gasteiger partial charge in [0.15, 0.2) is 0 Å². The van der Waals surface area contributed by atoms with Gasteiger partial charge in [0, 0.05) is 5.92 Å². The number of hydrogen-bond donors (Lipinski definition) is 1. The summed E-state index contributed by atoms with van der Waals surface area (Å²) < 4.78 is 0. The zero-order valence-electron chi connectivity index (χ0n) is 11.1. The van der Waals surface area contributed by atoms with Crippen molar-refractivity contribution in [2.24, 2.45) is 0 Å². The minimum Gasteiger partial charge on any atom is -0.368 e. The molecule has 18 heavy (non-hydrogen) atoms. The summed E-state index contributed by atoms with van der Waals surface area (Å²) in [6, 6.07) is 0. The second-order valence-electron chi connectivity index (χ2n) is 4.79. The average Bonchev–Trinajstić information content (AvgIpc) is 2.64. The molecule has 1 aliphatic rings. The molecule has 0 saturated heterocycles.